The molecule has 106 valence electrons. The summed E-state index contributed by atoms with van der Waals surface area (Å²) in [5, 5.41) is 6.62. The first-order chi connectivity index (χ1) is 8.82. The lowest BCUT2D eigenvalue weighted by atomic mass is 10.0. The first-order valence-corrected chi connectivity index (χ1v) is 6.07. The van der Waals surface area contributed by atoms with E-state index in [0.29, 0.717) is 5.69 Å². The summed E-state index contributed by atoms with van der Waals surface area (Å²) in [7, 11) is 0. The highest BCUT2D eigenvalue weighted by Gasteiger charge is 2.18. The summed E-state index contributed by atoms with van der Waals surface area (Å²) in [6.45, 7) is 5.41. The third-order valence-electron chi connectivity index (χ3n) is 2.67. The number of nitrogen functional groups attached to an aromatic ring is 1. The SMILES string of the molecule is CCC(C)(C)NC(=O)COC(=O)Cn1cc(N)cn1. The minimum Gasteiger partial charge on any atom is -0.454 e. The number of esters is 1. The summed E-state index contributed by atoms with van der Waals surface area (Å²) in [4.78, 5) is 23.0. The average molecular weight is 268 g/mol. The van der Waals surface area contributed by atoms with E-state index in [2.05, 4.69) is 10.4 Å². The molecule has 0 radical (unpaired) electrons. The first-order valence-electron chi connectivity index (χ1n) is 6.07. The minimum absolute atomic E-state index is 0.0678. The molecule has 0 atom stereocenters. The molecule has 1 heterocycles. The van der Waals surface area contributed by atoms with Gasteiger partial charge in [0, 0.05) is 11.7 Å². The van der Waals surface area contributed by atoms with Crippen LogP contribution < -0.4 is 11.1 Å². The molecule has 1 aromatic heterocycles. The van der Waals surface area contributed by atoms with Crippen LogP contribution in [0.2, 0.25) is 0 Å². The number of rotatable bonds is 6. The number of aromatic nitrogens is 2. The van der Waals surface area contributed by atoms with Crippen molar-refractivity contribution in [3.63, 3.8) is 0 Å². The van der Waals surface area contributed by atoms with E-state index in [4.69, 9.17) is 10.5 Å². The number of amides is 1. The highest BCUT2D eigenvalue weighted by atomic mass is 16.5. The number of ether oxygens (including phenoxy) is 1. The Hall–Kier alpha value is -2.05. The number of hydrogen-bond donors (Lipinski definition) is 2. The molecule has 19 heavy (non-hydrogen) atoms. The lowest BCUT2D eigenvalue weighted by molar-refractivity contribution is -0.149. The number of nitrogens with zero attached hydrogens (tertiary/aromatic N) is 2. The van der Waals surface area contributed by atoms with Crippen molar-refractivity contribution in [3.05, 3.63) is 12.4 Å². The van der Waals surface area contributed by atoms with Gasteiger partial charge in [0.15, 0.2) is 6.61 Å². The zero-order valence-electron chi connectivity index (χ0n) is 11.5. The van der Waals surface area contributed by atoms with Crippen LogP contribution in [0.3, 0.4) is 0 Å². The largest absolute Gasteiger partial charge is 0.454 e. The van der Waals surface area contributed by atoms with Crippen molar-refractivity contribution in [1.29, 1.82) is 0 Å². The normalized spacial score (nSPS) is 11.1. The molecule has 0 saturated heterocycles. The molecule has 0 aromatic carbocycles. The highest BCUT2D eigenvalue weighted by Crippen LogP contribution is 2.06. The molecule has 7 heteroatoms. The number of carbonyl (C=O) groups excluding carboxylic acids is 2. The Bertz CT molecular complexity index is 454. The standard InChI is InChI=1S/C12H20N4O3/c1-4-12(2,3)15-10(17)8-19-11(18)7-16-6-9(13)5-14-16/h5-6H,4,7-8,13H2,1-3H3,(H,15,17). The molecule has 0 fully saturated rings. The Labute approximate surface area is 112 Å². The van der Waals surface area contributed by atoms with Crippen molar-refractivity contribution >= 4 is 17.6 Å². The fraction of sp³-hybridized carbons (Fsp3) is 0.583. The molecule has 0 aliphatic carbocycles. The summed E-state index contributed by atoms with van der Waals surface area (Å²) in [6.07, 6.45) is 3.74. The Morgan fingerprint density at radius 1 is 1.53 bits per heavy atom. The summed E-state index contributed by atoms with van der Waals surface area (Å²) < 4.78 is 6.21. The Morgan fingerprint density at radius 2 is 2.21 bits per heavy atom. The molecule has 1 rings (SSSR count). The monoisotopic (exact) mass is 268 g/mol. The van der Waals surface area contributed by atoms with Crippen molar-refractivity contribution in [1.82, 2.24) is 15.1 Å². The molecule has 7 nitrogen and oxygen atoms in total. The maximum Gasteiger partial charge on any atom is 0.328 e. The highest BCUT2D eigenvalue weighted by molar-refractivity contribution is 5.81. The number of carbonyl (C=O) groups is 2. The van der Waals surface area contributed by atoms with Gasteiger partial charge in [0.25, 0.3) is 5.91 Å². The van der Waals surface area contributed by atoms with Gasteiger partial charge in [-0.05, 0) is 20.3 Å². The topological polar surface area (TPSA) is 99.2 Å². The van der Waals surface area contributed by atoms with E-state index in [1.807, 2.05) is 20.8 Å². The smallest absolute Gasteiger partial charge is 0.328 e. The first kappa shape index (κ1) is 15.0. The number of nitrogens with one attached hydrogen (secondary N) is 1. The molecule has 3 N–H and O–H groups in total. The molecular formula is C12H20N4O3. The quantitative estimate of drug-likeness (QED) is 0.723. The van der Waals surface area contributed by atoms with Gasteiger partial charge in [-0.1, -0.05) is 6.92 Å². The van der Waals surface area contributed by atoms with Crippen LogP contribution in [-0.2, 0) is 20.9 Å². The van der Waals surface area contributed by atoms with Crippen LogP contribution in [0, 0.1) is 0 Å². The zero-order valence-corrected chi connectivity index (χ0v) is 11.5. The van der Waals surface area contributed by atoms with Gasteiger partial charge in [-0.15, -0.1) is 0 Å². The van der Waals surface area contributed by atoms with Gasteiger partial charge < -0.3 is 15.8 Å². The Balaban J connectivity index is 2.32. The average Bonchev–Trinajstić information content (AvgIpc) is 2.72. The predicted octanol–water partition coefficient (Wildman–Crippen LogP) is 0.313. The maximum absolute atomic E-state index is 11.5. The van der Waals surface area contributed by atoms with Gasteiger partial charge in [-0.2, -0.15) is 5.10 Å². The van der Waals surface area contributed by atoms with Crippen LogP contribution in [0.5, 0.6) is 0 Å². The third-order valence-corrected chi connectivity index (χ3v) is 2.67. The van der Waals surface area contributed by atoms with Crippen LogP contribution in [0.1, 0.15) is 27.2 Å². The molecular weight excluding hydrogens is 248 g/mol. The molecule has 0 aliphatic heterocycles. The van der Waals surface area contributed by atoms with E-state index in [1.165, 1.54) is 17.1 Å². The van der Waals surface area contributed by atoms with Crippen molar-refractivity contribution in [2.75, 3.05) is 12.3 Å². The van der Waals surface area contributed by atoms with Crippen molar-refractivity contribution < 1.29 is 14.3 Å². The number of nitrogens with two attached hydrogens (primary N) is 1. The van der Waals surface area contributed by atoms with E-state index in [1.54, 1.807) is 0 Å². The fourth-order valence-corrected chi connectivity index (χ4v) is 1.29. The van der Waals surface area contributed by atoms with E-state index in [-0.39, 0.29) is 24.6 Å². The van der Waals surface area contributed by atoms with E-state index < -0.39 is 5.97 Å². The van der Waals surface area contributed by atoms with E-state index in [0.717, 1.165) is 6.42 Å². The van der Waals surface area contributed by atoms with Crippen molar-refractivity contribution in [2.24, 2.45) is 0 Å². The Kier molecular flexibility index (Phi) is 4.91. The third kappa shape index (κ3) is 5.41. The van der Waals surface area contributed by atoms with Crippen molar-refractivity contribution in [2.45, 2.75) is 39.3 Å². The number of hydrogen-bond acceptors (Lipinski definition) is 5. The molecule has 0 bridgehead atoms. The summed E-state index contributed by atoms with van der Waals surface area (Å²) >= 11 is 0. The van der Waals surface area contributed by atoms with Gasteiger partial charge in [0.05, 0.1) is 11.9 Å². The van der Waals surface area contributed by atoms with Crippen LogP contribution in [-0.4, -0.2) is 33.8 Å². The van der Waals surface area contributed by atoms with Gasteiger partial charge in [0.2, 0.25) is 0 Å². The second-order valence-electron chi connectivity index (χ2n) is 4.92. The molecule has 0 saturated carbocycles. The predicted molar refractivity (Wildman–Crippen MR) is 70.1 cm³/mol. The van der Waals surface area contributed by atoms with E-state index >= 15 is 0 Å². The van der Waals surface area contributed by atoms with Gasteiger partial charge in [-0.3, -0.25) is 14.3 Å². The van der Waals surface area contributed by atoms with E-state index in [9.17, 15) is 9.59 Å². The van der Waals surface area contributed by atoms with Crippen LogP contribution in [0.4, 0.5) is 5.69 Å². The lowest BCUT2D eigenvalue weighted by Crippen LogP contribution is -2.44. The lowest BCUT2D eigenvalue weighted by Gasteiger charge is -2.24. The van der Waals surface area contributed by atoms with Crippen LogP contribution in [0.15, 0.2) is 12.4 Å². The Morgan fingerprint density at radius 3 is 2.74 bits per heavy atom. The number of anilines is 1. The summed E-state index contributed by atoms with van der Waals surface area (Å²) in [6, 6.07) is 0. The maximum atomic E-state index is 11.5. The van der Waals surface area contributed by atoms with Crippen LogP contribution in [0.25, 0.3) is 0 Å². The van der Waals surface area contributed by atoms with Crippen molar-refractivity contribution in [3.8, 4) is 0 Å². The fourth-order valence-electron chi connectivity index (χ4n) is 1.29. The molecule has 1 aromatic rings. The van der Waals surface area contributed by atoms with Gasteiger partial charge in [-0.25, -0.2) is 0 Å². The summed E-state index contributed by atoms with van der Waals surface area (Å²) in [5.74, 6) is -0.854. The molecule has 0 spiro atoms. The molecule has 1 amide bonds. The second kappa shape index (κ2) is 6.21. The molecule has 0 aliphatic rings. The zero-order chi connectivity index (χ0) is 14.5. The van der Waals surface area contributed by atoms with Gasteiger partial charge in [0.1, 0.15) is 6.54 Å². The second-order valence-corrected chi connectivity index (χ2v) is 4.92. The van der Waals surface area contributed by atoms with Crippen LogP contribution >= 0.6 is 0 Å². The van der Waals surface area contributed by atoms with Gasteiger partial charge >= 0.3 is 5.97 Å². The molecule has 0 unspecified atom stereocenters. The summed E-state index contributed by atoms with van der Waals surface area (Å²) in [5.41, 5.74) is 5.62. The minimum atomic E-state index is -0.535.